The van der Waals surface area contributed by atoms with Crippen LogP contribution in [0.5, 0.6) is 0 Å². The zero-order valence-corrected chi connectivity index (χ0v) is 8.47. The predicted molar refractivity (Wildman–Crippen MR) is 53.9 cm³/mol. The van der Waals surface area contributed by atoms with Crippen LogP contribution in [0.4, 0.5) is 4.79 Å². The molecule has 0 unspecified atom stereocenters. The van der Waals surface area contributed by atoms with Crippen LogP contribution in [0.1, 0.15) is 25.7 Å². The van der Waals surface area contributed by atoms with Crippen molar-refractivity contribution in [3.8, 4) is 0 Å². The smallest absolute Gasteiger partial charge is 0.332 e. The van der Waals surface area contributed by atoms with E-state index in [1.54, 1.807) is 0 Å². The first-order chi connectivity index (χ1) is 7.41. The summed E-state index contributed by atoms with van der Waals surface area (Å²) in [6.45, 7) is 0. The lowest BCUT2D eigenvalue weighted by Crippen LogP contribution is -2.26. The topological polar surface area (TPSA) is 142 Å². The standard InChI is InChI=1S/C8H13N3O5/c9-8(16)11-10-5(1-3-6(12)13)2-4-7(14)15/h1-4H2,(H,12,13)(H,14,15)(H3,9,11,16). The summed E-state index contributed by atoms with van der Waals surface area (Å²) in [6.07, 6.45) is -0.219. The molecule has 0 aliphatic carbocycles. The average molecular weight is 231 g/mol. The van der Waals surface area contributed by atoms with Crippen LogP contribution in [-0.4, -0.2) is 33.9 Å². The van der Waals surface area contributed by atoms with E-state index in [0.29, 0.717) is 0 Å². The largest absolute Gasteiger partial charge is 0.481 e. The van der Waals surface area contributed by atoms with Crippen molar-refractivity contribution in [1.29, 1.82) is 0 Å². The van der Waals surface area contributed by atoms with Gasteiger partial charge in [0.15, 0.2) is 0 Å². The number of carboxylic acids is 2. The monoisotopic (exact) mass is 231 g/mol. The van der Waals surface area contributed by atoms with Gasteiger partial charge in [-0.1, -0.05) is 0 Å². The molecule has 5 N–H and O–H groups in total. The molecule has 0 fully saturated rings. The van der Waals surface area contributed by atoms with Crippen LogP contribution in [0.2, 0.25) is 0 Å². The fourth-order valence-corrected chi connectivity index (χ4v) is 0.873. The highest BCUT2D eigenvalue weighted by Crippen LogP contribution is 2.01. The SMILES string of the molecule is NC(=O)NN=C(CCC(=O)O)CCC(=O)O. The van der Waals surface area contributed by atoms with E-state index >= 15 is 0 Å². The van der Waals surface area contributed by atoms with Gasteiger partial charge in [-0.3, -0.25) is 9.59 Å². The number of hydrogen-bond donors (Lipinski definition) is 4. The first-order valence-corrected chi connectivity index (χ1v) is 4.46. The second-order valence-electron chi connectivity index (χ2n) is 2.94. The van der Waals surface area contributed by atoms with Gasteiger partial charge in [0.25, 0.3) is 0 Å². The molecule has 8 nitrogen and oxygen atoms in total. The summed E-state index contributed by atoms with van der Waals surface area (Å²) in [4.78, 5) is 30.9. The Morgan fingerprint density at radius 3 is 1.75 bits per heavy atom. The summed E-state index contributed by atoms with van der Waals surface area (Å²) < 4.78 is 0. The predicted octanol–water partition coefficient (Wildman–Crippen LogP) is -0.260. The normalized spacial score (nSPS) is 9.25. The summed E-state index contributed by atoms with van der Waals surface area (Å²) in [7, 11) is 0. The van der Waals surface area contributed by atoms with E-state index in [1.807, 2.05) is 5.43 Å². The summed E-state index contributed by atoms with van der Waals surface area (Å²) in [6, 6.07) is -0.886. The van der Waals surface area contributed by atoms with Crippen molar-refractivity contribution in [1.82, 2.24) is 5.43 Å². The lowest BCUT2D eigenvalue weighted by Gasteiger charge is -2.03. The summed E-state index contributed by atoms with van der Waals surface area (Å²) in [5.41, 5.74) is 6.98. The van der Waals surface area contributed by atoms with E-state index < -0.39 is 18.0 Å². The Bertz CT molecular complexity index is 293. The van der Waals surface area contributed by atoms with Crippen molar-refractivity contribution in [2.24, 2.45) is 10.8 Å². The quantitative estimate of drug-likeness (QED) is 0.352. The Kier molecular flexibility index (Phi) is 6.25. The molecule has 0 spiro atoms. The Morgan fingerprint density at radius 2 is 1.44 bits per heavy atom. The molecule has 16 heavy (non-hydrogen) atoms. The molecule has 0 saturated carbocycles. The van der Waals surface area contributed by atoms with Crippen molar-refractivity contribution >= 4 is 23.7 Å². The van der Waals surface area contributed by atoms with E-state index in [2.05, 4.69) is 5.10 Å². The minimum atomic E-state index is -1.03. The Balaban J connectivity index is 4.25. The van der Waals surface area contributed by atoms with Gasteiger partial charge in [-0.15, -0.1) is 0 Å². The molecule has 0 bridgehead atoms. The fourth-order valence-electron chi connectivity index (χ4n) is 0.873. The van der Waals surface area contributed by atoms with Gasteiger partial charge < -0.3 is 15.9 Å². The third kappa shape index (κ3) is 8.48. The van der Waals surface area contributed by atoms with Gasteiger partial charge in [-0.05, 0) is 12.8 Å². The second-order valence-corrected chi connectivity index (χ2v) is 2.94. The van der Waals surface area contributed by atoms with Gasteiger partial charge in [-0.25, -0.2) is 10.2 Å². The molecule has 0 radical (unpaired) electrons. The van der Waals surface area contributed by atoms with Crippen molar-refractivity contribution in [2.45, 2.75) is 25.7 Å². The van der Waals surface area contributed by atoms with Crippen LogP contribution < -0.4 is 11.2 Å². The number of carboxylic acid groups (broad SMARTS) is 2. The van der Waals surface area contributed by atoms with Crippen LogP contribution in [0.15, 0.2) is 5.10 Å². The molecule has 0 aromatic rings. The second kappa shape index (κ2) is 7.21. The number of nitrogens with zero attached hydrogens (tertiary/aromatic N) is 1. The minimum absolute atomic E-state index is 0.0723. The molecular formula is C8H13N3O5. The highest BCUT2D eigenvalue weighted by Gasteiger charge is 2.07. The Morgan fingerprint density at radius 1 is 1.00 bits per heavy atom. The molecule has 0 aliphatic heterocycles. The number of aliphatic carboxylic acids is 2. The summed E-state index contributed by atoms with van der Waals surface area (Å²) in [5.74, 6) is -2.05. The number of urea groups is 1. The van der Waals surface area contributed by atoms with Gasteiger partial charge >= 0.3 is 18.0 Å². The maximum Gasteiger partial charge on any atom is 0.332 e. The number of hydrogen-bond acceptors (Lipinski definition) is 4. The molecule has 0 saturated heterocycles. The van der Waals surface area contributed by atoms with E-state index in [4.69, 9.17) is 15.9 Å². The van der Waals surface area contributed by atoms with E-state index in [0.717, 1.165) is 0 Å². The number of nitrogens with one attached hydrogen (secondary N) is 1. The molecule has 0 aliphatic rings. The van der Waals surface area contributed by atoms with Crippen LogP contribution in [-0.2, 0) is 9.59 Å². The lowest BCUT2D eigenvalue weighted by molar-refractivity contribution is -0.137. The first kappa shape index (κ1) is 13.9. The van der Waals surface area contributed by atoms with Gasteiger partial charge in [0.2, 0.25) is 0 Å². The minimum Gasteiger partial charge on any atom is -0.481 e. The summed E-state index contributed by atoms with van der Waals surface area (Å²) in [5, 5.41) is 20.4. The van der Waals surface area contributed by atoms with E-state index in [9.17, 15) is 14.4 Å². The van der Waals surface area contributed by atoms with Gasteiger partial charge in [0.05, 0.1) is 12.8 Å². The van der Waals surface area contributed by atoms with Crippen molar-refractivity contribution in [2.75, 3.05) is 0 Å². The van der Waals surface area contributed by atoms with E-state index in [-0.39, 0.29) is 31.4 Å². The maximum absolute atomic E-state index is 10.4. The van der Waals surface area contributed by atoms with Gasteiger partial charge in [0, 0.05) is 5.71 Å². The number of rotatable bonds is 7. The zero-order chi connectivity index (χ0) is 12.6. The molecule has 0 heterocycles. The van der Waals surface area contributed by atoms with Crippen molar-refractivity contribution in [3.05, 3.63) is 0 Å². The molecule has 8 heteroatoms. The molecule has 0 rings (SSSR count). The fraction of sp³-hybridized carbons (Fsp3) is 0.500. The Labute approximate surface area is 91.1 Å². The molecule has 2 amide bonds. The molecular weight excluding hydrogens is 218 g/mol. The number of nitrogens with two attached hydrogens (primary N) is 1. The number of hydrazone groups is 1. The summed E-state index contributed by atoms with van der Waals surface area (Å²) >= 11 is 0. The van der Waals surface area contributed by atoms with Crippen LogP contribution in [0, 0.1) is 0 Å². The zero-order valence-electron chi connectivity index (χ0n) is 8.47. The number of carbonyl (C=O) groups excluding carboxylic acids is 1. The maximum atomic E-state index is 10.4. The number of amides is 2. The van der Waals surface area contributed by atoms with Crippen LogP contribution >= 0.6 is 0 Å². The third-order valence-corrected chi connectivity index (χ3v) is 1.58. The number of primary amides is 1. The molecule has 0 aromatic heterocycles. The average Bonchev–Trinajstić information content (AvgIpc) is 2.15. The van der Waals surface area contributed by atoms with Gasteiger partial charge in [-0.2, -0.15) is 5.10 Å². The van der Waals surface area contributed by atoms with Crippen LogP contribution in [0.3, 0.4) is 0 Å². The molecule has 0 aromatic carbocycles. The highest BCUT2D eigenvalue weighted by molar-refractivity contribution is 5.90. The third-order valence-electron chi connectivity index (χ3n) is 1.58. The Hall–Kier alpha value is -2.12. The molecule has 90 valence electrons. The van der Waals surface area contributed by atoms with Crippen molar-refractivity contribution in [3.63, 3.8) is 0 Å². The van der Waals surface area contributed by atoms with Crippen molar-refractivity contribution < 1.29 is 24.6 Å². The first-order valence-electron chi connectivity index (χ1n) is 4.46. The lowest BCUT2D eigenvalue weighted by atomic mass is 10.1. The van der Waals surface area contributed by atoms with Crippen LogP contribution in [0.25, 0.3) is 0 Å². The molecule has 0 atom stereocenters. The number of carbonyl (C=O) groups is 3. The van der Waals surface area contributed by atoms with Gasteiger partial charge in [0.1, 0.15) is 0 Å². The van der Waals surface area contributed by atoms with E-state index in [1.165, 1.54) is 0 Å². The highest BCUT2D eigenvalue weighted by atomic mass is 16.4.